The highest BCUT2D eigenvalue weighted by molar-refractivity contribution is 6.34. The lowest BCUT2D eigenvalue weighted by atomic mass is 10.1. The summed E-state index contributed by atoms with van der Waals surface area (Å²) in [7, 11) is 0. The van der Waals surface area contributed by atoms with E-state index in [4.69, 9.17) is 11.6 Å². The molecule has 3 rings (SSSR count). The highest BCUT2D eigenvalue weighted by Crippen LogP contribution is 2.31. The first-order valence-corrected chi connectivity index (χ1v) is 10.1. The van der Waals surface area contributed by atoms with Gasteiger partial charge in [-0.25, -0.2) is 8.78 Å². The summed E-state index contributed by atoms with van der Waals surface area (Å²) >= 11 is 6.26. The molecule has 1 N–H and O–H groups in total. The van der Waals surface area contributed by atoms with Gasteiger partial charge in [-0.15, -0.1) is 0 Å². The Kier molecular flexibility index (Phi) is 7.48. The number of rotatable bonds is 7. The Morgan fingerprint density at radius 3 is 2.44 bits per heavy atom. The summed E-state index contributed by atoms with van der Waals surface area (Å²) < 4.78 is 25.6. The molecule has 2 amide bonds. The van der Waals surface area contributed by atoms with Gasteiger partial charge >= 0.3 is 0 Å². The van der Waals surface area contributed by atoms with E-state index in [1.54, 1.807) is 30.5 Å². The SMILES string of the molecule is CC(=O)N(CC(F)F)c1ccc(-c2ccc(C(=O)NCc3ccc(C)nc3)cn2)cc1Cl. The van der Waals surface area contributed by atoms with Crippen LogP contribution in [0.15, 0.2) is 54.9 Å². The fourth-order valence-corrected chi connectivity index (χ4v) is 3.29. The number of alkyl halides is 2. The molecule has 0 radical (unpaired) electrons. The lowest BCUT2D eigenvalue weighted by Crippen LogP contribution is -2.33. The molecule has 0 aliphatic carbocycles. The zero-order valence-corrected chi connectivity index (χ0v) is 18.2. The van der Waals surface area contributed by atoms with E-state index >= 15 is 0 Å². The Morgan fingerprint density at radius 2 is 1.88 bits per heavy atom. The third-order valence-electron chi connectivity index (χ3n) is 4.69. The van der Waals surface area contributed by atoms with Crippen molar-refractivity contribution in [1.82, 2.24) is 15.3 Å². The predicted octanol–water partition coefficient (Wildman–Crippen LogP) is 4.65. The summed E-state index contributed by atoms with van der Waals surface area (Å²) in [6.07, 6.45) is 0.467. The first-order valence-electron chi connectivity index (χ1n) is 9.76. The summed E-state index contributed by atoms with van der Waals surface area (Å²) in [5, 5.41) is 2.96. The Balaban J connectivity index is 1.71. The molecule has 0 aliphatic rings. The number of carbonyl (C=O) groups is 2. The number of carbonyl (C=O) groups excluding carboxylic acids is 2. The monoisotopic (exact) mass is 458 g/mol. The molecule has 2 heterocycles. The molecule has 0 aliphatic heterocycles. The smallest absolute Gasteiger partial charge is 0.256 e. The number of nitrogens with zero attached hydrogens (tertiary/aromatic N) is 3. The van der Waals surface area contributed by atoms with E-state index in [0.29, 0.717) is 23.4 Å². The quantitative estimate of drug-likeness (QED) is 0.559. The highest BCUT2D eigenvalue weighted by atomic mass is 35.5. The van der Waals surface area contributed by atoms with Crippen molar-refractivity contribution in [2.24, 2.45) is 0 Å². The predicted molar refractivity (Wildman–Crippen MR) is 119 cm³/mol. The number of nitrogens with one attached hydrogen (secondary N) is 1. The average Bonchev–Trinajstić information content (AvgIpc) is 2.77. The van der Waals surface area contributed by atoms with Crippen molar-refractivity contribution < 1.29 is 18.4 Å². The van der Waals surface area contributed by atoms with Gasteiger partial charge in [-0.2, -0.15) is 0 Å². The molecule has 0 spiro atoms. The van der Waals surface area contributed by atoms with E-state index in [1.807, 2.05) is 19.1 Å². The molecule has 0 atom stereocenters. The second kappa shape index (κ2) is 10.3. The highest BCUT2D eigenvalue weighted by Gasteiger charge is 2.20. The molecule has 0 saturated carbocycles. The molecule has 1 aromatic carbocycles. The minimum absolute atomic E-state index is 0.147. The van der Waals surface area contributed by atoms with Crippen LogP contribution in [0.1, 0.15) is 28.5 Å². The maximum Gasteiger partial charge on any atom is 0.256 e. The lowest BCUT2D eigenvalue weighted by Gasteiger charge is -2.22. The fraction of sp³-hybridized carbons (Fsp3) is 0.217. The number of anilines is 1. The van der Waals surface area contributed by atoms with Crippen LogP contribution in [0, 0.1) is 6.92 Å². The molecule has 9 heteroatoms. The molecule has 166 valence electrons. The zero-order valence-electron chi connectivity index (χ0n) is 17.5. The fourth-order valence-electron chi connectivity index (χ4n) is 3.01. The average molecular weight is 459 g/mol. The molecule has 3 aromatic rings. The van der Waals surface area contributed by atoms with Crippen molar-refractivity contribution in [2.75, 3.05) is 11.4 Å². The number of pyridine rings is 2. The number of hydrogen-bond acceptors (Lipinski definition) is 4. The van der Waals surface area contributed by atoms with Crippen LogP contribution in [-0.4, -0.2) is 34.8 Å². The van der Waals surface area contributed by atoms with Gasteiger partial charge in [-0.05, 0) is 42.8 Å². The van der Waals surface area contributed by atoms with E-state index in [0.717, 1.165) is 16.2 Å². The molecule has 0 saturated heterocycles. The maximum atomic E-state index is 12.8. The van der Waals surface area contributed by atoms with Crippen LogP contribution < -0.4 is 10.2 Å². The number of benzene rings is 1. The molecule has 0 bridgehead atoms. The Labute approximate surface area is 189 Å². The number of hydrogen-bond donors (Lipinski definition) is 1. The van der Waals surface area contributed by atoms with Gasteiger partial charge in [-0.3, -0.25) is 19.6 Å². The van der Waals surface area contributed by atoms with Gasteiger partial charge in [-0.1, -0.05) is 23.7 Å². The van der Waals surface area contributed by atoms with Crippen molar-refractivity contribution >= 4 is 29.1 Å². The molecule has 32 heavy (non-hydrogen) atoms. The topological polar surface area (TPSA) is 75.2 Å². The second-order valence-corrected chi connectivity index (χ2v) is 7.52. The van der Waals surface area contributed by atoms with Crippen LogP contribution in [-0.2, 0) is 11.3 Å². The standard InChI is InChI=1S/C23H21ClF2N4O2/c1-14-3-4-16(10-27-14)11-29-23(32)18-5-7-20(28-12-18)17-6-8-21(19(24)9-17)30(15(2)31)13-22(25)26/h3-10,12,22H,11,13H2,1-2H3,(H,29,32). The van der Waals surface area contributed by atoms with E-state index in [-0.39, 0.29) is 16.6 Å². The minimum atomic E-state index is -2.68. The molecular weight excluding hydrogens is 438 g/mol. The van der Waals surface area contributed by atoms with E-state index in [2.05, 4.69) is 15.3 Å². The van der Waals surface area contributed by atoms with Gasteiger partial charge in [0.05, 0.1) is 28.5 Å². The van der Waals surface area contributed by atoms with Gasteiger partial charge in [0.1, 0.15) is 0 Å². The molecule has 2 aromatic heterocycles. The molecule has 6 nitrogen and oxygen atoms in total. The van der Waals surface area contributed by atoms with Gasteiger partial charge in [0, 0.05) is 37.1 Å². The van der Waals surface area contributed by atoms with E-state index in [9.17, 15) is 18.4 Å². The summed E-state index contributed by atoms with van der Waals surface area (Å²) in [5.74, 6) is -0.808. The van der Waals surface area contributed by atoms with Gasteiger partial charge in [0.15, 0.2) is 0 Å². The van der Waals surface area contributed by atoms with Gasteiger partial charge in [0.25, 0.3) is 12.3 Å². The normalized spacial score (nSPS) is 10.8. The van der Waals surface area contributed by atoms with Crippen LogP contribution in [0.4, 0.5) is 14.5 Å². The number of aryl methyl sites for hydroxylation is 1. The Bertz CT molecular complexity index is 1110. The van der Waals surface area contributed by atoms with E-state index in [1.165, 1.54) is 19.2 Å². The van der Waals surface area contributed by atoms with Crippen LogP contribution in [0.2, 0.25) is 5.02 Å². The van der Waals surface area contributed by atoms with Gasteiger partial charge in [0.2, 0.25) is 5.91 Å². The van der Waals surface area contributed by atoms with Crippen molar-refractivity contribution in [2.45, 2.75) is 26.8 Å². The van der Waals surface area contributed by atoms with Crippen molar-refractivity contribution in [1.29, 1.82) is 0 Å². The van der Waals surface area contributed by atoms with E-state index < -0.39 is 18.9 Å². The van der Waals surface area contributed by atoms with Crippen LogP contribution in [0.5, 0.6) is 0 Å². The second-order valence-electron chi connectivity index (χ2n) is 7.11. The number of amides is 2. The third-order valence-corrected chi connectivity index (χ3v) is 4.99. The number of halogens is 3. The molecular formula is C23H21ClF2N4O2. The summed E-state index contributed by atoms with van der Waals surface area (Å²) in [4.78, 5) is 33.5. The minimum Gasteiger partial charge on any atom is -0.348 e. The largest absolute Gasteiger partial charge is 0.348 e. The summed E-state index contributed by atoms with van der Waals surface area (Å²) in [6, 6.07) is 11.7. The Morgan fingerprint density at radius 1 is 1.09 bits per heavy atom. The van der Waals surface area contributed by atoms with Crippen molar-refractivity contribution in [3.05, 3.63) is 76.7 Å². The summed E-state index contributed by atoms with van der Waals surface area (Å²) in [6.45, 7) is 2.69. The first kappa shape index (κ1) is 23.3. The lowest BCUT2D eigenvalue weighted by molar-refractivity contribution is -0.117. The van der Waals surface area contributed by atoms with Crippen LogP contribution in [0.25, 0.3) is 11.3 Å². The Hall–Kier alpha value is -3.39. The van der Waals surface area contributed by atoms with Gasteiger partial charge < -0.3 is 10.2 Å². The van der Waals surface area contributed by atoms with Crippen molar-refractivity contribution in [3.63, 3.8) is 0 Å². The van der Waals surface area contributed by atoms with Crippen LogP contribution in [0.3, 0.4) is 0 Å². The molecule has 0 unspecified atom stereocenters. The van der Waals surface area contributed by atoms with Crippen molar-refractivity contribution in [3.8, 4) is 11.3 Å². The maximum absolute atomic E-state index is 12.8. The summed E-state index contributed by atoms with van der Waals surface area (Å²) in [5.41, 5.74) is 3.53. The first-order chi connectivity index (χ1) is 15.2. The van der Waals surface area contributed by atoms with Crippen LogP contribution >= 0.6 is 11.6 Å². The molecule has 0 fully saturated rings. The number of aromatic nitrogens is 2. The third kappa shape index (κ3) is 5.85. The zero-order chi connectivity index (χ0) is 23.3.